The van der Waals surface area contributed by atoms with Gasteiger partial charge in [0.05, 0.1) is 0 Å². The molecule has 0 N–H and O–H groups in total. The summed E-state index contributed by atoms with van der Waals surface area (Å²) in [5.41, 5.74) is 0. The maximum absolute atomic E-state index is 11.1. The highest BCUT2D eigenvalue weighted by Gasteiger charge is 2.19. The van der Waals surface area contributed by atoms with Gasteiger partial charge in [-0.3, -0.25) is 4.79 Å². The fraction of sp³-hybridized carbons (Fsp3) is 0.857. The first-order valence-corrected chi connectivity index (χ1v) is 5.50. The van der Waals surface area contributed by atoms with Crippen LogP contribution in [0.3, 0.4) is 0 Å². The number of nitrogens with zero attached hydrogens (tertiary/aromatic N) is 1. The van der Waals surface area contributed by atoms with E-state index in [0.717, 1.165) is 29.9 Å². The molecule has 0 aliphatic carbocycles. The molecule has 0 aromatic carbocycles. The van der Waals surface area contributed by atoms with Gasteiger partial charge in [0.2, 0.25) is 5.91 Å². The Labute approximate surface area is 85.4 Å². The average molecular weight is 288 g/mol. The Kier molecular flexibility index (Phi) is 3.92. The summed E-state index contributed by atoms with van der Waals surface area (Å²) in [6, 6.07) is 0. The van der Waals surface area contributed by atoms with E-state index in [-0.39, 0.29) is 11.8 Å². The minimum Gasteiger partial charge on any atom is -0.342 e. The number of amides is 1. The van der Waals surface area contributed by atoms with Crippen LogP contribution in [0.1, 0.15) is 12.8 Å². The minimum absolute atomic E-state index is 0.0787. The van der Waals surface area contributed by atoms with Gasteiger partial charge in [-0.15, -0.1) is 11.6 Å². The lowest BCUT2D eigenvalue weighted by Crippen LogP contribution is -2.39. The molecule has 1 fully saturated rings. The van der Waals surface area contributed by atoms with Gasteiger partial charge in [0.15, 0.2) is 0 Å². The SMILES string of the molecule is O=C(CCl)N1CCC(I)CC1. The zero-order valence-corrected chi connectivity index (χ0v) is 9.14. The van der Waals surface area contributed by atoms with E-state index >= 15 is 0 Å². The summed E-state index contributed by atoms with van der Waals surface area (Å²) in [7, 11) is 0. The van der Waals surface area contributed by atoms with Gasteiger partial charge in [0.1, 0.15) is 5.88 Å². The van der Waals surface area contributed by atoms with Gasteiger partial charge in [-0.1, -0.05) is 22.6 Å². The normalized spacial score (nSPS) is 20.4. The second kappa shape index (κ2) is 4.50. The van der Waals surface area contributed by atoms with Crippen molar-refractivity contribution in [3.05, 3.63) is 0 Å². The van der Waals surface area contributed by atoms with Crippen LogP contribution in [0.2, 0.25) is 0 Å². The quantitative estimate of drug-likeness (QED) is 0.530. The van der Waals surface area contributed by atoms with Crippen LogP contribution in [0.25, 0.3) is 0 Å². The van der Waals surface area contributed by atoms with Crippen molar-refractivity contribution >= 4 is 40.1 Å². The maximum atomic E-state index is 11.1. The topological polar surface area (TPSA) is 20.3 Å². The fourth-order valence-corrected chi connectivity index (χ4v) is 1.91. The van der Waals surface area contributed by atoms with Crippen LogP contribution >= 0.6 is 34.2 Å². The summed E-state index contributed by atoms with van der Waals surface area (Å²) in [4.78, 5) is 12.9. The van der Waals surface area contributed by atoms with Crippen molar-refractivity contribution in [2.45, 2.75) is 16.8 Å². The summed E-state index contributed by atoms with van der Waals surface area (Å²) in [5, 5.41) is 0. The highest BCUT2D eigenvalue weighted by Crippen LogP contribution is 2.17. The number of hydrogen-bond acceptors (Lipinski definition) is 1. The van der Waals surface area contributed by atoms with Crippen molar-refractivity contribution in [3.63, 3.8) is 0 Å². The van der Waals surface area contributed by atoms with E-state index in [0.29, 0.717) is 0 Å². The van der Waals surface area contributed by atoms with Crippen molar-refractivity contribution in [1.29, 1.82) is 0 Å². The third-order valence-corrected chi connectivity index (χ3v) is 3.37. The molecule has 0 aromatic rings. The third-order valence-electron chi connectivity index (χ3n) is 1.89. The second-order valence-electron chi connectivity index (χ2n) is 2.69. The highest BCUT2D eigenvalue weighted by molar-refractivity contribution is 14.1. The van der Waals surface area contributed by atoms with Gasteiger partial charge in [-0.05, 0) is 12.8 Å². The zero-order chi connectivity index (χ0) is 8.27. The average Bonchev–Trinajstić information content (AvgIpc) is 2.05. The molecule has 4 heteroatoms. The molecule has 1 aliphatic heterocycles. The molecule has 0 unspecified atom stereocenters. The standard InChI is InChI=1S/C7H11ClINO/c8-5-7(11)10-3-1-6(9)2-4-10/h6H,1-5H2. The Bertz CT molecular complexity index is 145. The van der Waals surface area contributed by atoms with Crippen molar-refractivity contribution in [1.82, 2.24) is 4.90 Å². The Morgan fingerprint density at radius 2 is 2.09 bits per heavy atom. The lowest BCUT2D eigenvalue weighted by atomic mass is 10.1. The van der Waals surface area contributed by atoms with Crippen LogP contribution < -0.4 is 0 Å². The summed E-state index contributed by atoms with van der Waals surface area (Å²) in [5.74, 6) is 0.210. The molecule has 0 atom stereocenters. The number of likely N-dealkylation sites (tertiary alicyclic amines) is 1. The van der Waals surface area contributed by atoms with Gasteiger partial charge in [-0.2, -0.15) is 0 Å². The van der Waals surface area contributed by atoms with Crippen LogP contribution in [0.15, 0.2) is 0 Å². The van der Waals surface area contributed by atoms with E-state index in [1.54, 1.807) is 0 Å². The van der Waals surface area contributed by atoms with Crippen molar-refractivity contribution in [2.75, 3.05) is 19.0 Å². The summed E-state index contributed by atoms with van der Waals surface area (Å²) >= 11 is 7.86. The summed E-state index contributed by atoms with van der Waals surface area (Å²) in [6.45, 7) is 1.78. The number of halogens is 2. The molecule has 1 heterocycles. The number of carbonyl (C=O) groups is 1. The molecule has 11 heavy (non-hydrogen) atoms. The van der Waals surface area contributed by atoms with Crippen LogP contribution in [-0.4, -0.2) is 33.7 Å². The Hall–Kier alpha value is 0.490. The molecule has 2 nitrogen and oxygen atoms in total. The molecule has 1 rings (SSSR count). The van der Waals surface area contributed by atoms with E-state index in [2.05, 4.69) is 22.6 Å². The first kappa shape index (κ1) is 9.58. The molecule has 64 valence electrons. The predicted octanol–water partition coefficient (Wildman–Crippen LogP) is 1.65. The van der Waals surface area contributed by atoms with Crippen LogP contribution in [0, 0.1) is 0 Å². The first-order chi connectivity index (χ1) is 5.24. The third kappa shape index (κ3) is 2.78. The molecule has 0 radical (unpaired) electrons. The number of alkyl halides is 2. The molecular weight excluding hydrogens is 276 g/mol. The highest BCUT2D eigenvalue weighted by atomic mass is 127. The van der Waals surface area contributed by atoms with Crippen LogP contribution in [-0.2, 0) is 4.79 Å². The lowest BCUT2D eigenvalue weighted by molar-refractivity contribution is -0.129. The smallest absolute Gasteiger partial charge is 0.237 e. The van der Waals surface area contributed by atoms with E-state index in [1.807, 2.05) is 4.90 Å². The number of piperidine rings is 1. The maximum Gasteiger partial charge on any atom is 0.237 e. The van der Waals surface area contributed by atoms with Crippen LogP contribution in [0.5, 0.6) is 0 Å². The summed E-state index contributed by atoms with van der Waals surface area (Å²) in [6.07, 6.45) is 2.23. The van der Waals surface area contributed by atoms with Gasteiger partial charge in [-0.25, -0.2) is 0 Å². The van der Waals surface area contributed by atoms with E-state index < -0.39 is 0 Å². The van der Waals surface area contributed by atoms with Crippen molar-refractivity contribution < 1.29 is 4.79 Å². The summed E-state index contributed by atoms with van der Waals surface area (Å²) < 4.78 is 0.743. The lowest BCUT2D eigenvalue weighted by Gasteiger charge is -2.28. The van der Waals surface area contributed by atoms with Gasteiger partial charge in [0, 0.05) is 17.0 Å². The van der Waals surface area contributed by atoms with E-state index in [4.69, 9.17) is 11.6 Å². The van der Waals surface area contributed by atoms with Gasteiger partial charge in [0.25, 0.3) is 0 Å². The van der Waals surface area contributed by atoms with Gasteiger partial charge >= 0.3 is 0 Å². The number of hydrogen-bond donors (Lipinski definition) is 0. The fourth-order valence-electron chi connectivity index (χ4n) is 1.18. The van der Waals surface area contributed by atoms with E-state index in [9.17, 15) is 4.79 Å². The largest absolute Gasteiger partial charge is 0.342 e. The van der Waals surface area contributed by atoms with Crippen molar-refractivity contribution in [3.8, 4) is 0 Å². The van der Waals surface area contributed by atoms with Crippen molar-refractivity contribution in [2.24, 2.45) is 0 Å². The molecule has 0 aromatic heterocycles. The van der Waals surface area contributed by atoms with Gasteiger partial charge < -0.3 is 4.90 Å². The Morgan fingerprint density at radius 1 is 1.55 bits per heavy atom. The molecule has 0 bridgehead atoms. The minimum atomic E-state index is 0.0787. The zero-order valence-electron chi connectivity index (χ0n) is 6.22. The molecule has 0 saturated carbocycles. The molecular formula is C7H11ClINO. The molecule has 1 amide bonds. The molecule has 1 aliphatic rings. The van der Waals surface area contributed by atoms with Crippen LogP contribution in [0.4, 0.5) is 0 Å². The monoisotopic (exact) mass is 287 g/mol. The molecule has 1 saturated heterocycles. The Morgan fingerprint density at radius 3 is 2.55 bits per heavy atom. The van der Waals surface area contributed by atoms with E-state index in [1.165, 1.54) is 0 Å². The predicted molar refractivity (Wildman–Crippen MR) is 54.3 cm³/mol. The Balaban J connectivity index is 2.33. The second-order valence-corrected chi connectivity index (χ2v) is 4.72. The number of carbonyl (C=O) groups excluding carboxylic acids is 1. The number of rotatable bonds is 1. The molecule has 0 spiro atoms. The first-order valence-electron chi connectivity index (χ1n) is 3.72.